The highest BCUT2D eigenvalue weighted by Crippen LogP contribution is 2.12. The lowest BCUT2D eigenvalue weighted by molar-refractivity contribution is 0.0960. The maximum Gasteiger partial charge on any atom is 0.261 e. The lowest BCUT2D eigenvalue weighted by Crippen LogP contribution is -2.49. The van der Waals surface area contributed by atoms with Crippen LogP contribution >= 0.6 is 11.3 Å². The number of carbonyl (C=O) groups excluding carboxylic acids is 1. The SMILES string of the molecule is O=C(NCCS(=O)(=O)N1CCN(Cc2ccccc2)CC1)c1cccs1. The summed E-state index contributed by atoms with van der Waals surface area (Å²) in [6, 6.07) is 13.7. The van der Waals surface area contributed by atoms with Gasteiger partial charge in [0.15, 0.2) is 0 Å². The first-order chi connectivity index (χ1) is 12.5. The molecule has 2 aromatic rings. The van der Waals surface area contributed by atoms with Gasteiger partial charge in [-0.15, -0.1) is 11.3 Å². The van der Waals surface area contributed by atoms with Crippen molar-refractivity contribution in [3.63, 3.8) is 0 Å². The molecule has 1 saturated heterocycles. The highest BCUT2D eigenvalue weighted by atomic mass is 32.2. The van der Waals surface area contributed by atoms with Gasteiger partial charge >= 0.3 is 0 Å². The fraction of sp³-hybridized carbons (Fsp3) is 0.389. The predicted molar refractivity (Wildman–Crippen MR) is 104 cm³/mol. The Bertz CT molecular complexity index is 799. The monoisotopic (exact) mass is 393 g/mol. The Labute approximate surface area is 158 Å². The molecule has 0 unspecified atom stereocenters. The maximum absolute atomic E-state index is 12.5. The third-order valence-electron chi connectivity index (χ3n) is 4.36. The van der Waals surface area contributed by atoms with Crippen molar-refractivity contribution in [3.8, 4) is 0 Å². The molecule has 0 radical (unpaired) electrons. The summed E-state index contributed by atoms with van der Waals surface area (Å²) in [5.41, 5.74) is 1.24. The normalized spacial score (nSPS) is 16.5. The second kappa shape index (κ2) is 8.77. The number of sulfonamides is 1. The van der Waals surface area contributed by atoms with Crippen molar-refractivity contribution in [2.24, 2.45) is 0 Å². The topological polar surface area (TPSA) is 69.7 Å². The van der Waals surface area contributed by atoms with Crippen LogP contribution < -0.4 is 5.32 Å². The van der Waals surface area contributed by atoms with E-state index in [0.717, 1.165) is 19.6 Å². The fourth-order valence-corrected chi connectivity index (χ4v) is 4.90. The van der Waals surface area contributed by atoms with Gasteiger partial charge < -0.3 is 5.32 Å². The molecule has 26 heavy (non-hydrogen) atoms. The van der Waals surface area contributed by atoms with E-state index in [1.165, 1.54) is 21.2 Å². The van der Waals surface area contributed by atoms with Crippen molar-refractivity contribution in [2.45, 2.75) is 6.54 Å². The van der Waals surface area contributed by atoms with Crippen LogP contribution in [0.4, 0.5) is 0 Å². The molecule has 1 aromatic carbocycles. The number of rotatable bonds is 7. The van der Waals surface area contributed by atoms with E-state index < -0.39 is 10.0 Å². The number of hydrogen-bond donors (Lipinski definition) is 1. The quantitative estimate of drug-likeness (QED) is 0.776. The lowest BCUT2D eigenvalue weighted by Gasteiger charge is -2.34. The molecular weight excluding hydrogens is 370 g/mol. The zero-order valence-corrected chi connectivity index (χ0v) is 16.1. The van der Waals surface area contributed by atoms with Gasteiger partial charge in [0, 0.05) is 39.3 Å². The van der Waals surface area contributed by atoms with Crippen LogP contribution in [0.2, 0.25) is 0 Å². The second-order valence-corrected chi connectivity index (χ2v) is 9.25. The number of amides is 1. The predicted octanol–water partition coefficient (Wildman–Crippen LogP) is 1.63. The van der Waals surface area contributed by atoms with E-state index in [1.807, 2.05) is 23.6 Å². The molecule has 0 spiro atoms. The van der Waals surface area contributed by atoms with Gasteiger partial charge in [-0.3, -0.25) is 9.69 Å². The molecule has 1 N–H and O–H groups in total. The summed E-state index contributed by atoms with van der Waals surface area (Å²) in [5.74, 6) is -0.286. The third-order valence-corrected chi connectivity index (χ3v) is 7.10. The van der Waals surface area contributed by atoms with Crippen LogP contribution in [-0.2, 0) is 16.6 Å². The van der Waals surface area contributed by atoms with Crippen molar-refractivity contribution in [2.75, 3.05) is 38.5 Å². The van der Waals surface area contributed by atoms with E-state index in [1.54, 1.807) is 12.1 Å². The summed E-state index contributed by atoms with van der Waals surface area (Å²) >= 11 is 1.34. The summed E-state index contributed by atoms with van der Waals surface area (Å²) in [6.07, 6.45) is 0. The maximum atomic E-state index is 12.5. The average Bonchev–Trinajstić information content (AvgIpc) is 3.18. The zero-order chi connectivity index (χ0) is 18.4. The molecule has 1 aliphatic heterocycles. The molecule has 0 bridgehead atoms. The highest BCUT2D eigenvalue weighted by molar-refractivity contribution is 7.89. The molecule has 0 aliphatic carbocycles. The molecule has 1 aliphatic rings. The van der Waals surface area contributed by atoms with Crippen LogP contribution in [0.3, 0.4) is 0 Å². The molecule has 1 amide bonds. The summed E-state index contributed by atoms with van der Waals surface area (Å²) in [6.45, 7) is 3.39. The first-order valence-corrected chi connectivity index (χ1v) is 11.1. The third kappa shape index (κ3) is 5.14. The van der Waals surface area contributed by atoms with E-state index >= 15 is 0 Å². The summed E-state index contributed by atoms with van der Waals surface area (Å²) in [7, 11) is -3.35. The Morgan fingerprint density at radius 3 is 2.42 bits per heavy atom. The minimum atomic E-state index is -3.35. The first-order valence-electron chi connectivity index (χ1n) is 8.60. The Morgan fingerprint density at radius 2 is 1.77 bits per heavy atom. The lowest BCUT2D eigenvalue weighted by atomic mass is 10.2. The molecule has 3 rings (SSSR count). The van der Waals surface area contributed by atoms with E-state index in [0.29, 0.717) is 18.0 Å². The number of nitrogens with zero attached hydrogens (tertiary/aromatic N) is 2. The highest BCUT2D eigenvalue weighted by Gasteiger charge is 2.26. The molecule has 2 heterocycles. The molecule has 8 heteroatoms. The summed E-state index contributed by atoms with van der Waals surface area (Å²) in [4.78, 5) is 14.7. The Kier molecular flexibility index (Phi) is 6.42. The first kappa shape index (κ1) is 19.0. The number of thiophene rings is 1. The van der Waals surface area contributed by atoms with Gasteiger partial charge in [0.1, 0.15) is 0 Å². The number of nitrogens with one attached hydrogen (secondary N) is 1. The molecule has 6 nitrogen and oxygen atoms in total. The van der Waals surface area contributed by atoms with Gasteiger partial charge in [-0.2, -0.15) is 4.31 Å². The largest absolute Gasteiger partial charge is 0.350 e. The summed E-state index contributed by atoms with van der Waals surface area (Å²) < 4.78 is 26.5. The standard InChI is InChI=1S/C18H23N3O3S2/c22-18(17-7-4-13-25-17)19-8-14-26(23,24)21-11-9-20(10-12-21)15-16-5-2-1-3-6-16/h1-7,13H,8-12,14-15H2,(H,19,22). The van der Waals surface area contributed by atoms with E-state index in [-0.39, 0.29) is 18.2 Å². The van der Waals surface area contributed by atoms with Gasteiger partial charge in [0.05, 0.1) is 10.6 Å². The molecule has 1 aromatic heterocycles. The molecule has 1 fully saturated rings. The smallest absolute Gasteiger partial charge is 0.261 e. The van der Waals surface area contributed by atoms with Crippen molar-refractivity contribution < 1.29 is 13.2 Å². The van der Waals surface area contributed by atoms with Crippen molar-refractivity contribution in [1.82, 2.24) is 14.5 Å². The van der Waals surface area contributed by atoms with Crippen molar-refractivity contribution >= 4 is 27.3 Å². The molecule has 0 saturated carbocycles. The number of piperazine rings is 1. The van der Waals surface area contributed by atoms with Crippen LogP contribution in [0.25, 0.3) is 0 Å². The van der Waals surface area contributed by atoms with Crippen LogP contribution in [-0.4, -0.2) is 62.0 Å². The van der Waals surface area contributed by atoms with Crippen LogP contribution in [0.15, 0.2) is 47.8 Å². The van der Waals surface area contributed by atoms with Crippen LogP contribution in [0.1, 0.15) is 15.2 Å². The van der Waals surface area contributed by atoms with Gasteiger partial charge in [-0.25, -0.2) is 8.42 Å². The number of carbonyl (C=O) groups is 1. The van der Waals surface area contributed by atoms with Gasteiger partial charge in [-0.1, -0.05) is 36.4 Å². The average molecular weight is 394 g/mol. The summed E-state index contributed by atoms with van der Waals surface area (Å²) in [5, 5.41) is 4.50. The van der Waals surface area contributed by atoms with Crippen molar-refractivity contribution in [1.29, 1.82) is 0 Å². The van der Waals surface area contributed by atoms with E-state index in [4.69, 9.17) is 0 Å². The molecule has 0 atom stereocenters. The van der Waals surface area contributed by atoms with Gasteiger partial charge in [0.2, 0.25) is 10.0 Å². The second-order valence-electron chi connectivity index (χ2n) is 6.21. The van der Waals surface area contributed by atoms with E-state index in [2.05, 4.69) is 22.3 Å². The minimum Gasteiger partial charge on any atom is -0.350 e. The molecule has 140 valence electrons. The minimum absolute atomic E-state index is 0.0667. The Morgan fingerprint density at radius 1 is 1.04 bits per heavy atom. The van der Waals surface area contributed by atoms with Crippen molar-refractivity contribution in [3.05, 3.63) is 58.3 Å². The fourth-order valence-electron chi connectivity index (χ4n) is 2.92. The van der Waals surface area contributed by atoms with E-state index in [9.17, 15) is 13.2 Å². The van der Waals surface area contributed by atoms with Crippen LogP contribution in [0, 0.1) is 0 Å². The zero-order valence-electron chi connectivity index (χ0n) is 14.5. The molecular formula is C18H23N3O3S2. The Hall–Kier alpha value is -1.74. The Balaban J connectivity index is 1.43. The number of hydrogen-bond acceptors (Lipinski definition) is 5. The van der Waals surface area contributed by atoms with Gasteiger partial charge in [0.25, 0.3) is 5.91 Å². The van der Waals surface area contributed by atoms with Crippen LogP contribution in [0.5, 0.6) is 0 Å². The van der Waals surface area contributed by atoms with Gasteiger partial charge in [-0.05, 0) is 17.0 Å². The number of benzene rings is 1.